The van der Waals surface area contributed by atoms with Crippen molar-refractivity contribution in [2.24, 2.45) is 5.92 Å². The zero-order valence-corrected chi connectivity index (χ0v) is 10.8. The van der Waals surface area contributed by atoms with Crippen molar-refractivity contribution in [2.45, 2.75) is 12.8 Å². The molecule has 1 fully saturated rings. The summed E-state index contributed by atoms with van der Waals surface area (Å²) < 4.78 is 0. The Balaban J connectivity index is 1.74. The first-order valence-corrected chi connectivity index (χ1v) is 6.50. The number of carbonyl (C=O) groups is 2. The van der Waals surface area contributed by atoms with Crippen molar-refractivity contribution in [3.05, 3.63) is 24.0 Å². The Hall–Kier alpha value is -1.66. The van der Waals surface area contributed by atoms with Crippen molar-refractivity contribution < 1.29 is 14.7 Å². The lowest BCUT2D eigenvalue weighted by Gasteiger charge is -2.30. The van der Waals surface area contributed by atoms with Crippen LogP contribution in [-0.2, 0) is 4.79 Å². The minimum absolute atomic E-state index is 0.214. The summed E-state index contributed by atoms with van der Waals surface area (Å²) in [5, 5.41) is 11.4. The maximum atomic E-state index is 11.7. The third-order valence-corrected chi connectivity index (χ3v) is 3.43. The Morgan fingerprint density at radius 3 is 2.74 bits per heavy atom. The fourth-order valence-corrected chi connectivity index (χ4v) is 2.24. The average molecular weight is 265 g/mol. The molecule has 0 radical (unpaired) electrons. The second-order valence-corrected chi connectivity index (χ2v) is 4.86. The van der Waals surface area contributed by atoms with Gasteiger partial charge in [-0.2, -0.15) is 0 Å². The predicted octanol–water partition coefficient (Wildman–Crippen LogP) is -0.0246. The van der Waals surface area contributed by atoms with Crippen molar-refractivity contribution in [1.82, 2.24) is 15.2 Å². The number of H-pyrrole nitrogens is 1. The molecule has 19 heavy (non-hydrogen) atoms. The zero-order valence-electron chi connectivity index (χ0n) is 10.8. The van der Waals surface area contributed by atoms with E-state index in [1.165, 1.54) is 0 Å². The normalized spacial score (nSPS) is 17.3. The van der Waals surface area contributed by atoms with E-state index in [9.17, 15) is 9.59 Å². The van der Waals surface area contributed by atoms with Crippen LogP contribution in [0.5, 0.6) is 0 Å². The second kappa shape index (κ2) is 6.49. The molecule has 3 N–H and O–H groups in total. The summed E-state index contributed by atoms with van der Waals surface area (Å²) >= 11 is 0. The number of aromatic amines is 1. The van der Waals surface area contributed by atoms with Crippen LogP contribution in [0.2, 0.25) is 0 Å². The predicted molar refractivity (Wildman–Crippen MR) is 69.5 cm³/mol. The van der Waals surface area contributed by atoms with E-state index in [2.05, 4.69) is 10.3 Å². The minimum atomic E-state index is -0.403. The molecule has 0 atom stereocenters. The smallest absolute Gasteiger partial charge is 0.274 e. The molecule has 0 bridgehead atoms. The highest BCUT2D eigenvalue weighted by molar-refractivity contribution is 6.04. The van der Waals surface area contributed by atoms with Gasteiger partial charge in [0.15, 0.2) is 0 Å². The van der Waals surface area contributed by atoms with Gasteiger partial charge in [0.2, 0.25) is 5.91 Å². The second-order valence-electron chi connectivity index (χ2n) is 4.86. The summed E-state index contributed by atoms with van der Waals surface area (Å²) in [6.07, 6.45) is 3.43. The summed E-state index contributed by atoms with van der Waals surface area (Å²) in [5.74, 6) is -0.345. The number of nitrogens with zero attached hydrogens (tertiary/aromatic N) is 1. The third-order valence-electron chi connectivity index (χ3n) is 3.43. The average Bonchev–Trinajstić information content (AvgIpc) is 2.93. The Bertz CT molecular complexity index is 422. The topological polar surface area (TPSA) is 85.4 Å². The molecular formula is C13H19N3O3. The monoisotopic (exact) mass is 265 g/mol. The number of aromatic nitrogens is 1. The number of hydrogen-bond donors (Lipinski definition) is 3. The highest BCUT2D eigenvalue weighted by Crippen LogP contribution is 2.15. The van der Waals surface area contributed by atoms with Crippen LogP contribution >= 0.6 is 0 Å². The summed E-state index contributed by atoms with van der Waals surface area (Å²) in [5.41, 5.74) is 0.382. The van der Waals surface area contributed by atoms with Gasteiger partial charge in [0.25, 0.3) is 5.91 Å². The van der Waals surface area contributed by atoms with Crippen molar-refractivity contribution in [2.75, 3.05) is 26.2 Å². The van der Waals surface area contributed by atoms with E-state index in [4.69, 9.17) is 5.11 Å². The molecule has 0 saturated carbocycles. The largest absolute Gasteiger partial charge is 0.396 e. The van der Waals surface area contributed by atoms with Gasteiger partial charge in [-0.3, -0.25) is 19.8 Å². The lowest BCUT2D eigenvalue weighted by molar-refractivity contribution is -0.121. The molecule has 6 heteroatoms. The SMILES string of the molecule is O=C(CN1CCC(CO)CC1)NC(=O)c1ccc[nH]1. The van der Waals surface area contributed by atoms with Gasteiger partial charge in [0.1, 0.15) is 5.69 Å². The summed E-state index contributed by atoms with van der Waals surface area (Å²) in [6.45, 7) is 2.01. The summed E-state index contributed by atoms with van der Waals surface area (Å²) in [6, 6.07) is 3.33. The van der Waals surface area contributed by atoms with Gasteiger partial charge in [-0.15, -0.1) is 0 Å². The lowest BCUT2D eigenvalue weighted by atomic mass is 9.98. The number of carbonyl (C=O) groups excluding carboxylic acids is 2. The Morgan fingerprint density at radius 2 is 2.16 bits per heavy atom. The Kier molecular flexibility index (Phi) is 4.70. The van der Waals surface area contributed by atoms with Crippen molar-refractivity contribution in [3.63, 3.8) is 0 Å². The van der Waals surface area contributed by atoms with Crippen LogP contribution in [0, 0.1) is 5.92 Å². The van der Waals surface area contributed by atoms with Crippen LogP contribution in [0.3, 0.4) is 0 Å². The van der Waals surface area contributed by atoms with E-state index in [1.54, 1.807) is 18.3 Å². The van der Waals surface area contributed by atoms with E-state index in [-0.39, 0.29) is 19.1 Å². The molecular weight excluding hydrogens is 246 g/mol. The van der Waals surface area contributed by atoms with E-state index in [0.29, 0.717) is 11.6 Å². The number of imide groups is 1. The molecule has 2 amide bonds. The molecule has 0 spiro atoms. The molecule has 0 unspecified atom stereocenters. The van der Waals surface area contributed by atoms with Gasteiger partial charge in [0.05, 0.1) is 6.54 Å². The van der Waals surface area contributed by atoms with Crippen LogP contribution in [0.15, 0.2) is 18.3 Å². The molecule has 6 nitrogen and oxygen atoms in total. The van der Waals surface area contributed by atoms with Gasteiger partial charge in [-0.05, 0) is 44.0 Å². The fraction of sp³-hybridized carbons (Fsp3) is 0.538. The fourth-order valence-electron chi connectivity index (χ4n) is 2.24. The number of aliphatic hydroxyl groups excluding tert-OH is 1. The van der Waals surface area contributed by atoms with Crippen molar-refractivity contribution >= 4 is 11.8 Å². The molecule has 2 rings (SSSR count). The highest BCUT2D eigenvalue weighted by Gasteiger charge is 2.21. The molecule has 1 aliphatic rings. The molecule has 1 aromatic heterocycles. The lowest BCUT2D eigenvalue weighted by Crippen LogP contribution is -2.43. The van der Waals surface area contributed by atoms with Crippen LogP contribution in [0.4, 0.5) is 0 Å². The first kappa shape index (κ1) is 13.8. The third kappa shape index (κ3) is 3.90. The standard InChI is InChI=1S/C13H19N3O3/c17-9-10-3-6-16(7-4-10)8-12(18)15-13(19)11-2-1-5-14-11/h1-2,5,10,14,17H,3-4,6-9H2,(H,15,18,19). The summed E-state index contributed by atoms with van der Waals surface area (Å²) in [4.78, 5) is 28.1. The molecule has 104 valence electrons. The maximum absolute atomic E-state index is 11.7. The Labute approximate surface area is 111 Å². The van der Waals surface area contributed by atoms with Crippen molar-refractivity contribution in [1.29, 1.82) is 0 Å². The molecule has 0 aromatic carbocycles. The zero-order chi connectivity index (χ0) is 13.7. The van der Waals surface area contributed by atoms with Crippen LogP contribution in [0.1, 0.15) is 23.3 Å². The summed E-state index contributed by atoms with van der Waals surface area (Å²) in [7, 11) is 0. The van der Waals surface area contributed by atoms with Crippen LogP contribution in [-0.4, -0.2) is 53.0 Å². The van der Waals surface area contributed by atoms with E-state index in [0.717, 1.165) is 25.9 Å². The van der Waals surface area contributed by atoms with Gasteiger partial charge in [-0.1, -0.05) is 0 Å². The van der Waals surface area contributed by atoms with Gasteiger partial charge in [0, 0.05) is 12.8 Å². The first-order valence-electron chi connectivity index (χ1n) is 6.50. The Morgan fingerprint density at radius 1 is 1.42 bits per heavy atom. The van der Waals surface area contributed by atoms with Crippen LogP contribution in [0.25, 0.3) is 0 Å². The molecule has 1 aliphatic heterocycles. The van der Waals surface area contributed by atoms with Gasteiger partial charge in [-0.25, -0.2) is 0 Å². The van der Waals surface area contributed by atoms with Crippen LogP contribution < -0.4 is 5.32 Å². The highest BCUT2D eigenvalue weighted by atomic mass is 16.3. The number of rotatable bonds is 4. The first-order chi connectivity index (χ1) is 9.19. The van der Waals surface area contributed by atoms with Gasteiger partial charge < -0.3 is 10.1 Å². The van der Waals surface area contributed by atoms with Gasteiger partial charge >= 0.3 is 0 Å². The maximum Gasteiger partial charge on any atom is 0.274 e. The number of nitrogens with one attached hydrogen (secondary N) is 2. The van der Waals surface area contributed by atoms with E-state index in [1.807, 2.05) is 4.90 Å². The minimum Gasteiger partial charge on any atom is -0.396 e. The number of aliphatic hydroxyl groups is 1. The quantitative estimate of drug-likeness (QED) is 0.714. The van der Waals surface area contributed by atoms with E-state index < -0.39 is 5.91 Å². The number of piperidine rings is 1. The molecule has 1 aromatic rings. The number of amides is 2. The number of likely N-dealkylation sites (tertiary alicyclic amines) is 1. The molecule has 0 aliphatic carbocycles. The molecule has 2 heterocycles. The van der Waals surface area contributed by atoms with Crippen molar-refractivity contribution in [3.8, 4) is 0 Å². The number of hydrogen-bond acceptors (Lipinski definition) is 4. The van der Waals surface area contributed by atoms with E-state index >= 15 is 0 Å². The molecule has 1 saturated heterocycles.